The van der Waals surface area contributed by atoms with Gasteiger partial charge in [-0.2, -0.15) is 0 Å². The van der Waals surface area contributed by atoms with E-state index in [4.69, 9.17) is 4.74 Å². The molecule has 15 heavy (non-hydrogen) atoms. The molecular weight excluding hydrogens is 190 g/mol. The first-order chi connectivity index (χ1) is 7.25. The molecule has 0 aliphatic carbocycles. The van der Waals surface area contributed by atoms with E-state index in [1.165, 1.54) is 6.92 Å². The zero-order valence-corrected chi connectivity index (χ0v) is 8.43. The molecule has 0 spiro atoms. The standard InChI is InChI=1S/C12H11NO2/c1-9(14)8-15-12-3-2-11-7-13-5-4-10(11)6-12/h2-7H,8H2,1H3. The molecule has 76 valence electrons. The predicted octanol–water partition coefficient (Wildman–Crippen LogP) is 2.20. The largest absolute Gasteiger partial charge is 0.486 e. The highest BCUT2D eigenvalue weighted by atomic mass is 16.5. The van der Waals surface area contributed by atoms with Crippen molar-refractivity contribution in [1.82, 2.24) is 4.98 Å². The van der Waals surface area contributed by atoms with E-state index in [1.54, 1.807) is 12.4 Å². The number of hydrogen-bond donors (Lipinski definition) is 0. The molecule has 1 heterocycles. The highest BCUT2D eigenvalue weighted by molar-refractivity contribution is 5.83. The normalized spacial score (nSPS) is 10.2. The van der Waals surface area contributed by atoms with Crippen LogP contribution in [-0.2, 0) is 4.79 Å². The number of ether oxygens (including phenoxy) is 1. The minimum absolute atomic E-state index is 0.0184. The lowest BCUT2D eigenvalue weighted by molar-refractivity contribution is -0.118. The quantitative estimate of drug-likeness (QED) is 0.764. The monoisotopic (exact) mass is 201 g/mol. The molecule has 2 aromatic rings. The summed E-state index contributed by atoms with van der Waals surface area (Å²) in [6.07, 6.45) is 3.53. The Morgan fingerprint density at radius 2 is 2.20 bits per heavy atom. The maximum absolute atomic E-state index is 10.7. The molecule has 0 saturated carbocycles. The zero-order valence-electron chi connectivity index (χ0n) is 8.43. The number of hydrogen-bond acceptors (Lipinski definition) is 3. The third-order valence-corrected chi connectivity index (χ3v) is 2.05. The van der Waals surface area contributed by atoms with Gasteiger partial charge in [-0.15, -0.1) is 0 Å². The van der Waals surface area contributed by atoms with Crippen LogP contribution in [0.2, 0.25) is 0 Å². The molecular formula is C12H11NO2. The van der Waals surface area contributed by atoms with Crippen LogP contribution in [0.15, 0.2) is 36.7 Å². The lowest BCUT2D eigenvalue weighted by Crippen LogP contribution is -2.06. The number of Topliss-reactive ketones (excluding diaryl/α,β-unsaturated/α-hetero) is 1. The second kappa shape index (κ2) is 4.09. The molecule has 0 aliphatic rings. The van der Waals surface area contributed by atoms with Crippen LogP contribution >= 0.6 is 0 Å². The number of ketones is 1. The molecule has 2 rings (SSSR count). The van der Waals surface area contributed by atoms with E-state index in [-0.39, 0.29) is 12.4 Å². The number of rotatable bonds is 3. The molecule has 0 amide bonds. The second-order valence-corrected chi connectivity index (χ2v) is 3.38. The lowest BCUT2D eigenvalue weighted by Gasteiger charge is -2.04. The molecule has 1 aromatic carbocycles. The van der Waals surface area contributed by atoms with Gasteiger partial charge in [0.1, 0.15) is 12.4 Å². The molecule has 0 unspecified atom stereocenters. The van der Waals surface area contributed by atoms with Crippen LogP contribution < -0.4 is 4.74 Å². The summed E-state index contributed by atoms with van der Waals surface area (Å²) in [4.78, 5) is 14.8. The molecule has 0 bridgehead atoms. The van der Waals surface area contributed by atoms with Crippen LogP contribution in [0.4, 0.5) is 0 Å². The van der Waals surface area contributed by atoms with Gasteiger partial charge in [-0.05, 0) is 36.6 Å². The molecule has 0 saturated heterocycles. The first-order valence-corrected chi connectivity index (χ1v) is 4.72. The van der Waals surface area contributed by atoms with Crippen LogP contribution in [0.1, 0.15) is 6.92 Å². The molecule has 0 radical (unpaired) electrons. The average Bonchev–Trinajstić information content (AvgIpc) is 2.26. The van der Waals surface area contributed by atoms with Crippen LogP contribution in [0.5, 0.6) is 5.75 Å². The summed E-state index contributed by atoms with van der Waals surface area (Å²) in [5, 5.41) is 2.12. The van der Waals surface area contributed by atoms with Crippen LogP contribution in [0, 0.1) is 0 Å². The van der Waals surface area contributed by atoms with Crippen molar-refractivity contribution in [2.24, 2.45) is 0 Å². The number of aromatic nitrogens is 1. The van der Waals surface area contributed by atoms with Gasteiger partial charge in [0.05, 0.1) is 0 Å². The molecule has 3 nitrogen and oxygen atoms in total. The molecule has 0 fully saturated rings. The van der Waals surface area contributed by atoms with Crippen molar-refractivity contribution in [3.63, 3.8) is 0 Å². The first kappa shape index (κ1) is 9.65. The van der Waals surface area contributed by atoms with E-state index < -0.39 is 0 Å². The fraction of sp³-hybridized carbons (Fsp3) is 0.167. The van der Waals surface area contributed by atoms with Gasteiger partial charge in [0.2, 0.25) is 0 Å². The first-order valence-electron chi connectivity index (χ1n) is 4.72. The van der Waals surface area contributed by atoms with Gasteiger partial charge in [0.15, 0.2) is 5.78 Å². The fourth-order valence-corrected chi connectivity index (χ4v) is 1.34. The summed E-state index contributed by atoms with van der Waals surface area (Å²) in [6.45, 7) is 1.63. The Balaban J connectivity index is 2.26. The Bertz CT molecular complexity index is 494. The zero-order chi connectivity index (χ0) is 10.7. The Labute approximate surface area is 87.7 Å². The Hall–Kier alpha value is -1.90. The smallest absolute Gasteiger partial charge is 0.167 e. The molecule has 0 aliphatic heterocycles. The van der Waals surface area contributed by atoms with E-state index in [0.29, 0.717) is 5.75 Å². The lowest BCUT2D eigenvalue weighted by atomic mass is 10.2. The van der Waals surface area contributed by atoms with E-state index in [1.807, 2.05) is 24.3 Å². The van der Waals surface area contributed by atoms with Crippen molar-refractivity contribution < 1.29 is 9.53 Å². The van der Waals surface area contributed by atoms with Crippen molar-refractivity contribution in [2.45, 2.75) is 6.92 Å². The van der Waals surface area contributed by atoms with Crippen LogP contribution in [-0.4, -0.2) is 17.4 Å². The number of benzene rings is 1. The van der Waals surface area contributed by atoms with Gasteiger partial charge >= 0.3 is 0 Å². The van der Waals surface area contributed by atoms with Gasteiger partial charge in [-0.3, -0.25) is 9.78 Å². The topological polar surface area (TPSA) is 39.2 Å². The number of carbonyl (C=O) groups is 1. The third-order valence-electron chi connectivity index (χ3n) is 2.05. The Morgan fingerprint density at radius 1 is 1.33 bits per heavy atom. The van der Waals surface area contributed by atoms with Crippen molar-refractivity contribution >= 4 is 16.6 Å². The fourth-order valence-electron chi connectivity index (χ4n) is 1.34. The number of nitrogens with zero attached hydrogens (tertiary/aromatic N) is 1. The van der Waals surface area contributed by atoms with Gasteiger partial charge in [-0.25, -0.2) is 0 Å². The summed E-state index contributed by atoms with van der Waals surface area (Å²) >= 11 is 0. The summed E-state index contributed by atoms with van der Waals surface area (Å²) < 4.78 is 5.31. The van der Waals surface area contributed by atoms with Crippen molar-refractivity contribution in [3.05, 3.63) is 36.7 Å². The third kappa shape index (κ3) is 2.31. The number of pyridine rings is 1. The van der Waals surface area contributed by atoms with Gasteiger partial charge in [0.25, 0.3) is 0 Å². The summed E-state index contributed by atoms with van der Waals surface area (Å²) in [5.41, 5.74) is 0. The van der Waals surface area contributed by atoms with E-state index in [9.17, 15) is 4.79 Å². The van der Waals surface area contributed by atoms with E-state index in [0.717, 1.165) is 10.8 Å². The molecule has 1 aromatic heterocycles. The summed E-state index contributed by atoms with van der Waals surface area (Å²) in [5.74, 6) is 0.730. The maximum atomic E-state index is 10.7. The second-order valence-electron chi connectivity index (χ2n) is 3.38. The van der Waals surface area contributed by atoms with Crippen molar-refractivity contribution in [3.8, 4) is 5.75 Å². The van der Waals surface area contributed by atoms with E-state index in [2.05, 4.69) is 4.98 Å². The summed E-state index contributed by atoms with van der Waals surface area (Å²) in [7, 11) is 0. The minimum Gasteiger partial charge on any atom is -0.486 e. The average molecular weight is 201 g/mol. The highest BCUT2D eigenvalue weighted by Crippen LogP contribution is 2.19. The summed E-state index contributed by atoms with van der Waals surface area (Å²) in [6, 6.07) is 7.58. The molecule has 0 atom stereocenters. The van der Waals surface area contributed by atoms with Gasteiger partial charge < -0.3 is 4.74 Å². The number of fused-ring (bicyclic) bond motifs is 1. The van der Waals surface area contributed by atoms with E-state index >= 15 is 0 Å². The van der Waals surface area contributed by atoms with Gasteiger partial charge in [-0.1, -0.05) is 0 Å². The van der Waals surface area contributed by atoms with Gasteiger partial charge in [0, 0.05) is 17.8 Å². The van der Waals surface area contributed by atoms with Crippen LogP contribution in [0.3, 0.4) is 0 Å². The molecule has 0 N–H and O–H groups in total. The van der Waals surface area contributed by atoms with Crippen LogP contribution in [0.25, 0.3) is 10.8 Å². The Morgan fingerprint density at radius 3 is 3.00 bits per heavy atom. The number of carbonyl (C=O) groups excluding carboxylic acids is 1. The SMILES string of the molecule is CC(=O)COc1ccc2cnccc2c1. The Kier molecular flexibility index (Phi) is 2.63. The minimum atomic E-state index is 0.0184. The highest BCUT2D eigenvalue weighted by Gasteiger charge is 1.98. The predicted molar refractivity (Wildman–Crippen MR) is 57.9 cm³/mol. The van der Waals surface area contributed by atoms with Crippen molar-refractivity contribution in [1.29, 1.82) is 0 Å². The van der Waals surface area contributed by atoms with Crippen molar-refractivity contribution in [2.75, 3.05) is 6.61 Å². The maximum Gasteiger partial charge on any atom is 0.167 e. The molecule has 3 heteroatoms.